The lowest BCUT2D eigenvalue weighted by atomic mass is 10.2. The molecule has 0 heterocycles. The number of benzene rings is 1. The van der Waals surface area contributed by atoms with Gasteiger partial charge in [0.25, 0.3) is 7.65 Å². The number of hydrogen-bond acceptors (Lipinski definition) is 4. The van der Waals surface area contributed by atoms with Gasteiger partial charge >= 0.3 is 5.97 Å². The number of ether oxygens (including phenoxy) is 1. The van der Waals surface area contributed by atoms with Crippen LogP contribution < -0.4 is 5.09 Å². The number of esters is 1. The molecule has 0 aliphatic rings. The van der Waals surface area contributed by atoms with Crippen molar-refractivity contribution in [3.63, 3.8) is 0 Å². The lowest BCUT2D eigenvalue weighted by Gasteiger charge is -2.17. The molecule has 2 atom stereocenters. The molecule has 0 saturated heterocycles. The SMILES string of the molecule is C=C/C=C(\C=C)OP(Cl)N[C@@H](C)C(=O)OCc1ccccc1.CC. The van der Waals surface area contributed by atoms with Gasteiger partial charge in [-0.05, 0) is 35.9 Å². The number of hydrogen-bond donors (Lipinski definition) is 1. The first-order valence-electron chi connectivity index (χ1n) is 7.62. The quantitative estimate of drug-likeness (QED) is 0.271. The van der Waals surface area contributed by atoms with Gasteiger partial charge < -0.3 is 9.26 Å². The standard InChI is InChI=1S/C16H19ClNO3P.C2H6/c1-4-9-15(5-2)21-22(17)18-13(3)16(19)20-12-14-10-7-6-8-11-14;1-2/h4-11,13,18H,1-2,12H2,3H3;1-2H3/b15-9+;/t13-,22?;/m0./s1. The fraction of sp³-hybridized carbons (Fsp3) is 0.278. The van der Waals surface area contributed by atoms with Crippen molar-refractivity contribution in [2.45, 2.75) is 33.4 Å². The maximum Gasteiger partial charge on any atom is 0.323 e. The van der Waals surface area contributed by atoms with Crippen LogP contribution in [-0.2, 0) is 20.7 Å². The van der Waals surface area contributed by atoms with E-state index in [1.165, 1.54) is 6.08 Å². The van der Waals surface area contributed by atoms with Crippen LogP contribution in [-0.4, -0.2) is 12.0 Å². The predicted molar refractivity (Wildman–Crippen MR) is 103 cm³/mol. The molecule has 6 heteroatoms. The highest BCUT2D eigenvalue weighted by Crippen LogP contribution is 2.41. The summed E-state index contributed by atoms with van der Waals surface area (Å²) in [5.74, 6) is 0.0851. The van der Waals surface area contributed by atoms with E-state index in [-0.39, 0.29) is 6.61 Å². The van der Waals surface area contributed by atoms with E-state index in [0.717, 1.165) is 5.56 Å². The highest BCUT2D eigenvalue weighted by atomic mass is 35.7. The first-order chi connectivity index (χ1) is 11.6. The van der Waals surface area contributed by atoms with Crippen LogP contribution in [0.2, 0.25) is 0 Å². The summed E-state index contributed by atoms with van der Waals surface area (Å²) >= 11 is 6.05. The van der Waals surface area contributed by atoms with Crippen LogP contribution in [0, 0.1) is 0 Å². The Morgan fingerprint density at radius 1 is 1.33 bits per heavy atom. The molecule has 0 aliphatic carbocycles. The van der Waals surface area contributed by atoms with Crippen LogP contribution in [0.1, 0.15) is 26.3 Å². The molecule has 0 amide bonds. The van der Waals surface area contributed by atoms with E-state index < -0.39 is 19.7 Å². The smallest absolute Gasteiger partial charge is 0.323 e. The van der Waals surface area contributed by atoms with E-state index in [1.807, 2.05) is 44.2 Å². The van der Waals surface area contributed by atoms with Gasteiger partial charge in [-0.2, -0.15) is 0 Å². The second-order valence-electron chi connectivity index (χ2n) is 4.29. The molecule has 4 nitrogen and oxygen atoms in total. The Bertz CT molecular complexity index is 534. The highest BCUT2D eigenvalue weighted by molar-refractivity contribution is 7.78. The summed E-state index contributed by atoms with van der Waals surface area (Å²) in [5.41, 5.74) is 0.926. The minimum atomic E-state index is -1.54. The third-order valence-electron chi connectivity index (χ3n) is 2.54. The molecule has 0 spiro atoms. The largest absolute Gasteiger partial charge is 0.460 e. The van der Waals surface area contributed by atoms with E-state index >= 15 is 0 Å². The van der Waals surface area contributed by atoms with Crippen molar-refractivity contribution in [2.75, 3.05) is 0 Å². The van der Waals surface area contributed by atoms with Gasteiger partial charge in [0.15, 0.2) is 0 Å². The van der Waals surface area contributed by atoms with Crippen LogP contribution in [0.5, 0.6) is 0 Å². The third-order valence-corrected chi connectivity index (χ3v) is 4.00. The molecule has 1 aromatic rings. The lowest BCUT2D eigenvalue weighted by molar-refractivity contribution is -0.146. The number of carbonyl (C=O) groups excluding carboxylic acids is 1. The first kappa shape index (κ1) is 22.4. The monoisotopic (exact) mass is 369 g/mol. The van der Waals surface area contributed by atoms with Gasteiger partial charge in [-0.25, -0.2) is 5.09 Å². The minimum absolute atomic E-state index is 0.223. The van der Waals surface area contributed by atoms with Crippen LogP contribution in [0.25, 0.3) is 0 Å². The maximum absolute atomic E-state index is 11.9. The Morgan fingerprint density at radius 2 is 1.96 bits per heavy atom. The van der Waals surface area contributed by atoms with Gasteiger partial charge in [0.05, 0.1) is 0 Å². The molecule has 1 rings (SSSR count). The summed E-state index contributed by atoms with van der Waals surface area (Å²) in [6, 6.07) is 8.88. The van der Waals surface area contributed by atoms with Crippen molar-refractivity contribution in [1.82, 2.24) is 5.09 Å². The van der Waals surface area contributed by atoms with E-state index in [0.29, 0.717) is 5.76 Å². The van der Waals surface area contributed by atoms with Gasteiger partial charge in [0.2, 0.25) is 0 Å². The molecule has 1 N–H and O–H groups in total. The average Bonchev–Trinajstić information content (AvgIpc) is 2.61. The molecule has 24 heavy (non-hydrogen) atoms. The summed E-state index contributed by atoms with van der Waals surface area (Å²) in [7, 11) is -1.54. The van der Waals surface area contributed by atoms with E-state index in [4.69, 9.17) is 20.5 Å². The van der Waals surface area contributed by atoms with Crippen LogP contribution in [0.4, 0.5) is 0 Å². The molecule has 0 saturated carbocycles. The molecule has 0 bridgehead atoms. The van der Waals surface area contributed by atoms with E-state index in [1.54, 1.807) is 19.1 Å². The summed E-state index contributed by atoms with van der Waals surface area (Å²) in [4.78, 5) is 11.9. The van der Waals surface area contributed by atoms with Gasteiger partial charge in [-0.15, -0.1) is 0 Å². The summed E-state index contributed by atoms with van der Waals surface area (Å²) in [6.07, 6.45) is 4.71. The molecule has 0 fully saturated rings. The van der Waals surface area contributed by atoms with Gasteiger partial charge in [-0.1, -0.05) is 63.4 Å². The summed E-state index contributed by atoms with van der Waals surface area (Å²) < 4.78 is 10.6. The summed E-state index contributed by atoms with van der Waals surface area (Å²) in [5, 5.41) is 2.85. The van der Waals surface area contributed by atoms with Crippen molar-refractivity contribution in [3.05, 3.63) is 73.0 Å². The topological polar surface area (TPSA) is 47.6 Å². The molecular formula is C18H25ClNO3P. The van der Waals surface area contributed by atoms with Crippen LogP contribution in [0.3, 0.4) is 0 Å². The molecule has 1 unspecified atom stereocenters. The Morgan fingerprint density at radius 3 is 2.50 bits per heavy atom. The van der Waals surface area contributed by atoms with Crippen LogP contribution >= 0.6 is 18.9 Å². The molecule has 0 radical (unpaired) electrons. The number of allylic oxidation sites excluding steroid dienone is 3. The fourth-order valence-electron chi connectivity index (χ4n) is 1.43. The molecular weight excluding hydrogens is 345 g/mol. The van der Waals surface area contributed by atoms with Crippen molar-refractivity contribution >= 4 is 24.9 Å². The molecule has 0 aromatic heterocycles. The molecule has 132 valence electrons. The van der Waals surface area contributed by atoms with Gasteiger partial charge in [-0.3, -0.25) is 4.79 Å². The number of rotatable bonds is 9. The Balaban J connectivity index is 0.00000254. The minimum Gasteiger partial charge on any atom is -0.460 e. The zero-order chi connectivity index (χ0) is 18.4. The van der Waals surface area contributed by atoms with Gasteiger partial charge in [0, 0.05) is 0 Å². The Hall–Kier alpha value is -1.61. The fourth-order valence-corrected chi connectivity index (χ4v) is 2.89. The zero-order valence-corrected chi connectivity index (χ0v) is 16.0. The maximum atomic E-state index is 11.9. The number of carbonyl (C=O) groups is 1. The third kappa shape index (κ3) is 9.51. The Labute approximate surface area is 150 Å². The average molecular weight is 370 g/mol. The Kier molecular flexibility index (Phi) is 12.9. The van der Waals surface area contributed by atoms with Crippen molar-refractivity contribution in [3.8, 4) is 0 Å². The van der Waals surface area contributed by atoms with Crippen molar-refractivity contribution < 1.29 is 14.1 Å². The normalized spacial score (nSPS) is 12.9. The first-order valence-corrected chi connectivity index (χ1v) is 9.79. The summed E-state index contributed by atoms with van der Waals surface area (Å²) in [6.45, 7) is 13.1. The van der Waals surface area contributed by atoms with Gasteiger partial charge in [0.1, 0.15) is 18.4 Å². The van der Waals surface area contributed by atoms with Crippen molar-refractivity contribution in [1.29, 1.82) is 0 Å². The second kappa shape index (κ2) is 13.8. The highest BCUT2D eigenvalue weighted by Gasteiger charge is 2.19. The van der Waals surface area contributed by atoms with Crippen LogP contribution in [0.15, 0.2) is 67.5 Å². The second-order valence-corrected chi connectivity index (χ2v) is 6.14. The van der Waals surface area contributed by atoms with E-state index in [2.05, 4.69) is 18.2 Å². The molecule has 1 aromatic carbocycles. The number of nitrogens with one attached hydrogen (secondary N) is 1. The zero-order valence-electron chi connectivity index (χ0n) is 14.4. The van der Waals surface area contributed by atoms with Crippen molar-refractivity contribution in [2.24, 2.45) is 0 Å². The lowest BCUT2D eigenvalue weighted by Crippen LogP contribution is -2.31. The molecule has 0 aliphatic heterocycles. The number of halogens is 1. The predicted octanol–water partition coefficient (Wildman–Crippen LogP) is 5.47. The van der Waals surface area contributed by atoms with E-state index in [9.17, 15) is 4.79 Å².